The van der Waals surface area contributed by atoms with Crippen molar-refractivity contribution in [2.24, 2.45) is 0 Å². The molecule has 0 spiro atoms. The second-order valence-electron chi connectivity index (χ2n) is 5.77. The Morgan fingerprint density at radius 1 is 1.15 bits per heavy atom. The van der Waals surface area contributed by atoms with Crippen molar-refractivity contribution < 1.29 is 4.79 Å². The molecule has 0 bridgehead atoms. The molecule has 2 nitrogen and oxygen atoms in total. The maximum absolute atomic E-state index is 12.2. The first-order valence-electron chi connectivity index (χ1n) is 7.67. The third-order valence-electron chi connectivity index (χ3n) is 3.65. The van der Waals surface area contributed by atoms with Gasteiger partial charge in [0.2, 0.25) is 0 Å². The fourth-order valence-corrected chi connectivity index (χ4v) is 3.42. The second-order valence-corrected chi connectivity index (χ2v) is 7.42. The number of carbonyl (C=O) groups is 1. The van der Waals surface area contributed by atoms with Crippen LogP contribution in [0.4, 0.5) is 0 Å². The van der Waals surface area contributed by atoms with Gasteiger partial charge in [0.15, 0.2) is 5.78 Å². The minimum atomic E-state index is 0.275. The van der Waals surface area contributed by atoms with Crippen molar-refractivity contribution in [1.29, 1.82) is 0 Å². The van der Waals surface area contributed by atoms with Crippen LogP contribution in [0, 0.1) is 0 Å². The topological polar surface area (TPSA) is 20.3 Å². The highest BCUT2D eigenvalue weighted by atomic mass is 32.2. The van der Waals surface area contributed by atoms with E-state index in [1.807, 2.05) is 23.9 Å². The predicted octanol–water partition coefficient (Wildman–Crippen LogP) is 4.25. The lowest BCUT2D eigenvalue weighted by molar-refractivity contribution is 0.0958. The molecule has 2 rings (SSSR count). The Hall–Kier alpha value is -0.800. The molecular formula is C17H25NOS. The van der Waals surface area contributed by atoms with E-state index < -0.39 is 0 Å². The first-order valence-corrected chi connectivity index (χ1v) is 8.55. The molecule has 3 heteroatoms. The van der Waals surface area contributed by atoms with Crippen molar-refractivity contribution in [3.05, 3.63) is 29.8 Å². The van der Waals surface area contributed by atoms with E-state index in [2.05, 4.69) is 30.9 Å². The van der Waals surface area contributed by atoms with Gasteiger partial charge in [0.05, 0.1) is 0 Å². The van der Waals surface area contributed by atoms with Gasteiger partial charge in [0, 0.05) is 28.7 Å². The molecule has 0 saturated carbocycles. The van der Waals surface area contributed by atoms with Gasteiger partial charge >= 0.3 is 0 Å². The van der Waals surface area contributed by atoms with E-state index in [0.717, 1.165) is 25.2 Å². The molecule has 0 aromatic heterocycles. The molecule has 0 radical (unpaired) electrons. The normalized spacial score (nSPS) is 16.6. The molecule has 0 amide bonds. The van der Waals surface area contributed by atoms with E-state index in [1.165, 1.54) is 24.2 Å². The third kappa shape index (κ3) is 4.95. The van der Waals surface area contributed by atoms with E-state index in [-0.39, 0.29) is 5.78 Å². The van der Waals surface area contributed by atoms with Gasteiger partial charge in [-0.05, 0) is 38.1 Å². The van der Waals surface area contributed by atoms with Gasteiger partial charge in [-0.1, -0.05) is 32.4 Å². The summed E-state index contributed by atoms with van der Waals surface area (Å²) in [6.07, 6.45) is 4.57. The van der Waals surface area contributed by atoms with E-state index in [0.29, 0.717) is 11.7 Å². The second kappa shape index (κ2) is 7.84. The molecule has 1 aliphatic rings. The van der Waals surface area contributed by atoms with Crippen molar-refractivity contribution in [2.45, 2.75) is 49.7 Å². The van der Waals surface area contributed by atoms with Crippen molar-refractivity contribution in [3.8, 4) is 0 Å². The number of likely N-dealkylation sites (tertiary alicyclic amines) is 1. The molecule has 0 aliphatic carbocycles. The van der Waals surface area contributed by atoms with Crippen LogP contribution in [0.25, 0.3) is 0 Å². The number of hydrogen-bond acceptors (Lipinski definition) is 3. The number of Topliss-reactive ketones (excluding diaryl/α,β-unsaturated/α-hetero) is 1. The number of piperidine rings is 1. The minimum absolute atomic E-state index is 0.275. The fourth-order valence-electron chi connectivity index (χ4n) is 2.58. The fraction of sp³-hybridized carbons (Fsp3) is 0.588. The van der Waals surface area contributed by atoms with E-state index in [9.17, 15) is 4.79 Å². The first kappa shape index (κ1) is 15.6. The maximum atomic E-state index is 12.2. The van der Waals surface area contributed by atoms with Crippen LogP contribution in [-0.4, -0.2) is 35.6 Å². The van der Waals surface area contributed by atoms with E-state index >= 15 is 0 Å². The molecular weight excluding hydrogens is 266 g/mol. The molecule has 1 aromatic rings. The summed E-state index contributed by atoms with van der Waals surface area (Å²) in [5.74, 6) is 0.275. The van der Waals surface area contributed by atoms with Crippen LogP contribution in [-0.2, 0) is 0 Å². The summed E-state index contributed by atoms with van der Waals surface area (Å²) in [6, 6.07) is 8.09. The van der Waals surface area contributed by atoms with Gasteiger partial charge in [0.25, 0.3) is 0 Å². The van der Waals surface area contributed by atoms with Gasteiger partial charge < -0.3 is 4.90 Å². The smallest absolute Gasteiger partial charge is 0.164 e. The average molecular weight is 291 g/mol. The lowest BCUT2D eigenvalue weighted by Crippen LogP contribution is -2.31. The zero-order chi connectivity index (χ0) is 14.4. The summed E-state index contributed by atoms with van der Waals surface area (Å²) in [5, 5.41) is 0.579. The molecule has 0 unspecified atom stereocenters. The van der Waals surface area contributed by atoms with Crippen molar-refractivity contribution in [2.75, 3.05) is 19.6 Å². The van der Waals surface area contributed by atoms with Gasteiger partial charge in [-0.3, -0.25) is 4.79 Å². The molecule has 1 heterocycles. The highest BCUT2D eigenvalue weighted by Crippen LogP contribution is 2.23. The number of rotatable bonds is 6. The van der Waals surface area contributed by atoms with Crippen LogP contribution in [0.2, 0.25) is 0 Å². The molecule has 1 saturated heterocycles. The highest BCUT2D eigenvalue weighted by molar-refractivity contribution is 7.99. The summed E-state index contributed by atoms with van der Waals surface area (Å²) < 4.78 is 0. The summed E-state index contributed by atoms with van der Waals surface area (Å²) in [7, 11) is 0. The number of ketones is 1. The number of thioether (sulfide) groups is 1. The highest BCUT2D eigenvalue weighted by Gasteiger charge is 2.12. The zero-order valence-electron chi connectivity index (χ0n) is 12.6. The van der Waals surface area contributed by atoms with Crippen LogP contribution >= 0.6 is 11.8 Å². The standard InChI is InChI=1S/C17H25NOS/c1-14(2)20-16-8-6-15(7-9-16)17(19)10-13-18-11-4-3-5-12-18/h6-9,14H,3-5,10-13H2,1-2H3. The molecule has 0 atom stereocenters. The monoisotopic (exact) mass is 291 g/mol. The van der Waals surface area contributed by atoms with Crippen molar-refractivity contribution >= 4 is 17.5 Å². The van der Waals surface area contributed by atoms with Crippen molar-refractivity contribution in [1.82, 2.24) is 4.90 Å². The lowest BCUT2D eigenvalue weighted by atomic mass is 10.1. The SMILES string of the molecule is CC(C)Sc1ccc(C(=O)CCN2CCCCC2)cc1. The quantitative estimate of drug-likeness (QED) is 0.577. The van der Waals surface area contributed by atoms with Gasteiger partial charge in [-0.15, -0.1) is 11.8 Å². The number of nitrogens with zero attached hydrogens (tertiary/aromatic N) is 1. The van der Waals surface area contributed by atoms with E-state index in [1.54, 1.807) is 0 Å². The van der Waals surface area contributed by atoms with Gasteiger partial charge in [0.1, 0.15) is 0 Å². The third-order valence-corrected chi connectivity index (χ3v) is 4.67. The summed E-state index contributed by atoms with van der Waals surface area (Å²) >= 11 is 1.84. The molecule has 1 aromatic carbocycles. The Morgan fingerprint density at radius 3 is 2.40 bits per heavy atom. The van der Waals surface area contributed by atoms with Crippen LogP contribution in [0.1, 0.15) is 49.9 Å². The Morgan fingerprint density at radius 2 is 1.80 bits per heavy atom. The minimum Gasteiger partial charge on any atom is -0.303 e. The molecule has 20 heavy (non-hydrogen) atoms. The van der Waals surface area contributed by atoms with Crippen molar-refractivity contribution in [3.63, 3.8) is 0 Å². The summed E-state index contributed by atoms with van der Waals surface area (Å²) in [5.41, 5.74) is 0.857. The Bertz CT molecular complexity index is 421. The summed E-state index contributed by atoms with van der Waals surface area (Å²) in [4.78, 5) is 15.9. The van der Waals surface area contributed by atoms with Gasteiger partial charge in [-0.25, -0.2) is 0 Å². The largest absolute Gasteiger partial charge is 0.303 e. The predicted molar refractivity (Wildman–Crippen MR) is 86.7 cm³/mol. The number of hydrogen-bond donors (Lipinski definition) is 0. The zero-order valence-corrected chi connectivity index (χ0v) is 13.4. The molecule has 110 valence electrons. The maximum Gasteiger partial charge on any atom is 0.164 e. The molecule has 1 aliphatic heterocycles. The van der Waals surface area contributed by atoms with Crippen LogP contribution in [0.3, 0.4) is 0 Å². The lowest BCUT2D eigenvalue weighted by Gasteiger charge is -2.25. The van der Waals surface area contributed by atoms with Crippen LogP contribution < -0.4 is 0 Å². The number of benzene rings is 1. The van der Waals surface area contributed by atoms with Gasteiger partial charge in [-0.2, -0.15) is 0 Å². The average Bonchev–Trinajstić information content (AvgIpc) is 2.46. The van der Waals surface area contributed by atoms with Crippen LogP contribution in [0.5, 0.6) is 0 Å². The Balaban J connectivity index is 1.82. The van der Waals surface area contributed by atoms with Crippen LogP contribution in [0.15, 0.2) is 29.2 Å². The Labute approximate surface area is 126 Å². The Kier molecular flexibility index (Phi) is 6.11. The molecule has 0 N–H and O–H groups in total. The molecule has 1 fully saturated rings. The number of carbonyl (C=O) groups excluding carboxylic acids is 1. The van der Waals surface area contributed by atoms with E-state index in [4.69, 9.17) is 0 Å². The summed E-state index contributed by atoms with van der Waals surface area (Å²) in [6.45, 7) is 7.61. The first-order chi connectivity index (χ1) is 9.65.